The van der Waals surface area contributed by atoms with Gasteiger partial charge in [-0.3, -0.25) is 0 Å². The van der Waals surface area contributed by atoms with Crippen molar-refractivity contribution in [1.29, 1.82) is 0 Å². The van der Waals surface area contributed by atoms with Gasteiger partial charge in [0.2, 0.25) is 0 Å². The molecule has 0 bridgehead atoms. The van der Waals surface area contributed by atoms with Gasteiger partial charge in [-0.1, -0.05) is 40.8 Å². The molecule has 0 amide bonds. The van der Waals surface area contributed by atoms with E-state index in [1.165, 1.54) is 16.3 Å². The molecular formula is C15H26N2SSi. The van der Waals surface area contributed by atoms with Gasteiger partial charge in [0.25, 0.3) is 0 Å². The molecule has 2 nitrogen and oxygen atoms in total. The molecule has 0 saturated carbocycles. The van der Waals surface area contributed by atoms with Gasteiger partial charge in [0, 0.05) is 17.6 Å². The first-order valence-corrected chi connectivity index (χ1v) is 11.1. The van der Waals surface area contributed by atoms with Crippen LogP contribution in [0.15, 0.2) is 17.2 Å². The lowest BCUT2D eigenvalue weighted by Gasteiger charge is -2.44. The number of aromatic nitrogens is 1. The van der Waals surface area contributed by atoms with E-state index in [2.05, 4.69) is 57.6 Å². The largest absolute Gasteiger partial charge is 0.382 e. The van der Waals surface area contributed by atoms with Crippen LogP contribution in [0, 0.1) is 0 Å². The van der Waals surface area contributed by atoms with E-state index in [0.717, 1.165) is 18.7 Å². The number of rotatable bonds is 3. The molecular weight excluding hydrogens is 268 g/mol. The normalized spacial score (nSPS) is 15.8. The maximum Gasteiger partial charge on any atom is 0.157 e. The van der Waals surface area contributed by atoms with E-state index in [1.54, 1.807) is 0 Å². The second kappa shape index (κ2) is 5.13. The topological polar surface area (TPSA) is 16.1 Å². The Kier molecular flexibility index (Phi) is 4.03. The summed E-state index contributed by atoms with van der Waals surface area (Å²) < 4.78 is 2.63. The highest BCUT2D eigenvalue weighted by Gasteiger charge is 2.44. The summed E-state index contributed by atoms with van der Waals surface area (Å²) in [5.74, 6) is 2.37. The summed E-state index contributed by atoms with van der Waals surface area (Å²) in [5.41, 5.74) is 1.45. The molecule has 0 saturated heterocycles. The Balaban J connectivity index is 2.33. The lowest BCUT2D eigenvalue weighted by molar-refractivity contribution is 0.706. The van der Waals surface area contributed by atoms with E-state index in [-0.39, 0.29) is 0 Å². The molecule has 0 aromatic carbocycles. The number of hydrogen-bond acceptors (Lipinski definition) is 3. The number of thioether (sulfide) groups is 1. The van der Waals surface area contributed by atoms with E-state index in [1.807, 2.05) is 11.8 Å². The average Bonchev–Trinajstić information content (AvgIpc) is 2.71. The summed E-state index contributed by atoms with van der Waals surface area (Å²) in [6.07, 6.45) is 3.21. The molecule has 0 radical (unpaired) electrons. The summed E-state index contributed by atoms with van der Waals surface area (Å²) in [6.45, 7) is 15.4. The Bertz CT molecular complexity index is 466. The van der Waals surface area contributed by atoms with Gasteiger partial charge < -0.3 is 4.57 Å². The summed E-state index contributed by atoms with van der Waals surface area (Å²) >= 11 is 1.89. The number of pyridine rings is 1. The first-order valence-electron chi connectivity index (χ1n) is 7.16. The van der Waals surface area contributed by atoms with Gasteiger partial charge >= 0.3 is 0 Å². The van der Waals surface area contributed by atoms with Crippen molar-refractivity contribution in [3.63, 3.8) is 0 Å². The Morgan fingerprint density at radius 1 is 1.37 bits per heavy atom. The van der Waals surface area contributed by atoms with Crippen LogP contribution in [0.4, 0.5) is 5.82 Å². The Morgan fingerprint density at radius 3 is 2.63 bits per heavy atom. The van der Waals surface area contributed by atoms with Crippen molar-refractivity contribution >= 4 is 25.8 Å². The molecule has 2 heterocycles. The summed E-state index contributed by atoms with van der Waals surface area (Å²) in [7, 11) is -1.49. The van der Waals surface area contributed by atoms with Crippen LogP contribution < -0.4 is 4.57 Å². The predicted molar refractivity (Wildman–Crippen MR) is 88.9 cm³/mol. The van der Waals surface area contributed by atoms with Crippen LogP contribution in [-0.4, -0.2) is 25.5 Å². The SMILES string of the molecule is CCSc1cnc2c(c1)CCN2[Si](C)(C)C(C)(C)C. The van der Waals surface area contributed by atoms with Crippen molar-refractivity contribution in [2.45, 2.75) is 57.1 Å². The van der Waals surface area contributed by atoms with Crippen LogP contribution in [-0.2, 0) is 6.42 Å². The molecule has 0 fully saturated rings. The quantitative estimate of drug-likeness (QED) is 0.600. The van der Waals surface area contributed by atoms with E-state index in [4.69, 9.17) is 4.98 Å². The molecule has 0 unspecified atom stereocenters. The summed E-state index contributed by atoms with van der Waals surface area (Å²) in [6, 6.07) is 2.35. The monoisotopic (exact) mass is 294 g/mol. The van der Waals surface area contributed by atoms with Gasteiger partial charge in [0.1, 0.15) is 5.82 Å². The molecule has 1 aliphatic rings. The molecule has 1 aromatic heterocycles. The Morgan fingerprint density at radius 2 is 2.05 bits per heavy atom. The van der Waals surface area contributed by atoms with E-state index >= 15 is 0 Å². The predicted octanol–water partition coefficient (Wildman–Crippen LogP) is 4.56. The number of nitrogens with zero attached hydrogens (tertiary/aromatic N) is 2. The van der Waals surface area contributed by atoms with Gasteiger partial charge in [0.15, 0.2) is 8.24 Å². The van der Waals surface area contributed by atoms with Crippen molar-refractivity contribution in [3.8, 4) is 0 Å². The maximum absolute atomic E-state index is 4.78. The Hall–Kier alpha value is -0.483. The van der Waals surface area contributed by atoms with Gasteiger partial charge in [-0.25, -0.2) is 4.98 Å². The molecule has 1 aromatic rings. The van der Waals surface area contributed by atoms with Crippen LogP contribution >= 0.6 is 11.8 Å². The third-order valence-electron chi connectivity index (χ3n) is 4.60. The van der Waals surface area contributed by atoms with Crippen molar-refractivity contribution in [1.82, 2.24) is 4.98 Å². The number of hydrogen-bond donors (Lipinski definition) is 0. The molecule has 4 heteroatoms. The minimum Gasteiger partial charge on any atom is -0.382 e. The van der Waals surface area contributed by atoms with Crippen molar-refractivity contribution in [2.24, 2.45) is 0 Å². The van der Waals surface area contributed by atoms with Gasteiger partial charge in [-0.15, -0.1) is 11.8 Å². The molecule has 1 aliphatic heterocycles. The van der Waals surface area contributed by atoms with Gasteiger partial charge in [-0.2, -0.15) is 0 Å². The third-order valence-corrected chi connectivity index (χ3v) is 10.9. The lowest BCUT2D eigenvalue weighted by Crippen LogP contribution is -2.54. The molecule has 0 atom stereocenters. The number of fused-ring (bicyclic) bond motifs is 1. The second-order valence-electron chi connectivity index (χ2n) is 6.80. The fourth-order valence-electron chi connectivity index (χ4n) is 2.44. The summed E-state index contributed by atoms with van der Waals surface area (Å²) in [4.78, 5) is 6.10. The molecule has 2 rings (SSSR count). The Labute approximate surface area is 123 Å². The van der Waals surface area contributed by atoms with Crippen LogP contribution in [0.2, 0.25) is 18.1 Å². The first-order chi connectivity index (χ1) is 8.77. The highest BCUT2D eigenvalue weighted by atomic mass is 32.2. The van der Waals surface area contributed by atoms with Gasteiger partial charge in [-0.05, 0) is 28.8 Å². The zero-order chi connectivity index (χ0) is 14.3. The zero-order valence-corrected chi connectivity index (χ0v) is 14.9. The molecule has 0 N–H and O–H groups in total. The molecule has 0 aliphatic carbocycles. The highest BCUT2D eigenvalue weighted by molar-refractivity contribution is 7.99. The fraction of sp³-hybridized carbons (Fsp3) is 0.667. The van der Waals surface area contributed by atoms with Gasteiger partial charge in [0.05, 0.1) is 0 Å². The molecule has 19 heavy (non-hydrogen) atoms. The van der Waals surface area contributed by atoms with E-state index in [0.29, 0.717) is 5.04 Å². The number of anilines is 1. The summed E-state index contributed by atoms with van der Waals surface area (Å²) in [5, 5.41) is 0.368. The maximum atomic E-state index is 4.78. The third kappa shape index (κ3) is 2.70. The zero-order valence-electron chi connectivity index (χ0n) is 13.1. The van der Waals surface area contributed by atoms with Crippen molar-refractivity contribution < 1.29 is 0 Å². The minimum absolute atomic E-state index is 0.368. The van der Waals surface area contributed by atoms with Crippen LogP contribution in [0.25, 0.3) is 0 Å². The average molecular weight is 295 g/mol. The lowest BCUT2D eigenvalue weighted by atomic mass is 10.2. The fourth-order valence-corrected chi connectivity index (χ4v) is 5.34. The molecule has 0 spiro atoms. The van der Waals surface area contributed by atoms with Crippen LogP contribution in [0.5, 0.6) is 0 Å². The highest BCUT2D eigenvalue weighted by Crippen LogP contribution is 2.43. The van der Waals surface area contributed by atoms with E-state index < -0.39 is 8.24 Å². The second-order valence-corrected chi connectivity index (χ2v) is 13.3. The minimum atomic E-state index is -1.49. The van der Waals surface area contributed by atoms with Crippen LogP contribution in [0.1, 0.15) is 33.3 Å². The smallest absolute Gasteiger partial charge is 0.157 e. The first kappa shape index (κ1) is 14.9. The van der Waals surface area contributed by atoms with E-state index in [9.17, 15) is 0 Å². The van der Waals surface area contributed by atoms with Crippen molar-refractivity contribution in [2.75, 3.05) is 16.9 Å². The van der Waals surface area contributed by atoms with Crippen LogP contribution in [0.3, 0.4) is 0 Å². The molecule has 106 valence electrons. The standard InChI is InChI=1S/C15H26N2SSi/c1-7-18-13-10-12-8-9-17(14(12)16-11-13)19(5,6)15(2,3)4/h10-11H,7-9H2,1-6H3. The van der Waals surface area contributed by atoms with Crippen molar-refractivity contribution in [3.05, 3.63) is 17.8 Å².